The van der Waals surface area contributed by atoms with Gasteiger partial charge in [0.2, 0.25) is 0 Å². The van der Waals surface area contributed by atoms with Crippen LogP contribution in [0.1, 0.15) is 166 Å². The summed E-state index contributed by atoms with van der Waals surface area (Å²) in [5.41, 5.74) is -0.140. The third kappa shape index (κ3) is 16.6. The van der Waals surface area contributed by atoms with Crippen LogP contribution in [0.5, 0.6) is 0 Å². The first-order chi connectivity index (χ1) is 29.6. The Kier molecular flexibility index (Phi) is 20.7. The summed E-state index contributed by atoms with van der Waals surface area (Å²) in [6, 6.07) is 4.00. The average Bonchev–Trinajstić information content (AvgIpc) is 3.70. The fourth-order valence-corrected chi connectivity index (χ4v) is 23.8. The molecule has 0 bridgehead atoms. The molecule has 2 atom stereocenters. The van der Waals surface area contributed by atoms with Crippen LogP contribution in [0.25, 0.3) is 0 Å². The first-order valence-electron chi connectivity index (χ1n) is 22.8. The normalized spacial score (nSPS) is 13.9. The monoisotopic (exact) mass is 987 g/mol. The van der Waals surface area contributed by atoms with E-state index in [1.807, 2.05) is 0 Å². The molecule has 0 saturated heterocycles. The van der Waals surface area contributed by atoms with E-state index in [1.54, 1.807) is 70.5 Å². The number of hydrogen-bond donors (Lipinski definition) is 3. The number of carbonyl (C=O) groups is 7. The van der Waals surface area contributed by atoms with Crippen molar-refractivity contribution < 1.29 is 43.0 Å². The molecule has 5 amide bonds. The summed E-state index contributed by atoms with van der Waals surface area (Å²) in [5, 5.41) is 17.6. The number of urea groups is 1. The summed E-state index contributed by atoms with van der Waals surface area (Å²) in [6.45, 7) is 18.3. The second kappa shape index (κ2) is 24.6. The number of hydrogen-bond acceptors (Lipinski definition) is 11. The standard InChI is InChI=1S/C34H46N7O9.3C4H9.Sn/c1-21(42)25(15-16-28(44)49-33(2,3)4)37-32(48)38-26(31(47)50-34(5,6)7)14-10-11-17-35-27(43)20-41-22(18-36-39-41)19-40-29(45)23-12-8-9-13-24(23)30(40)46;3*1-3-4-2;/h8-9,12-13,25-26H,10-11,14-17,19-20H2,1-7H3,(H,35,43)(H2,37,38,48);3*1,3-4H2,2H3;/t25-,26-;;;;/m0..../s1. The van der Waals surface area contributed by atoms with Crippen molar-refractivity contribution in [2.45, 2.75) is 190 Å². The van der Waals surface area contributed by atoms with Gasteiger partial charge in [0.15, 0.2) is 5.78 Å². The molecule has 3 N–H and O–H groups in total. The van der Waals surface area contributed by atoms with Crippen LogP contribution in [0.2, 0.25) is 13.3 Å². The van der Waals surface area contributed by atoms with Gasteiger partial charge in [-0.05, 0) is 54.9 Å². The summed E-state index contributed by atoms with van der Waals surface area (Å²) in [6.07, 6.45) is 7.30. The molecule has 0 spiro atoms. The van der Waals surface area contributed by atoms with E-state index in [4.69, 9.17) is 14.6 Å². The Morgan fingerprint density at radius 3 is 1.79 bits per heavy atom. The number of nitrogens with zero attached hydrogens (tertiary/aromatic N) is 4. The quantitative estimate of drug-likeness (QED) is 0.0401. The van der Waals surface area contributed by atoms with E-state index in [9.17, 15) is 33.6 Å². The molecular weight excluding hydrogens is 913 g/mol. The Morgan fingerprint density at radius 1 is 0.746 bits per heavy atom. The predicted molar refractivity (Wildman–Crippen MR) is 243 cm³/mol. The van der Waals surface area contributed by atoms with Gasteiger partial charge in [0.05, 0.1) is 6.04 Å². The minimum absolute atomic E-state index is 0.0193. The van der Waals surface area contributed by atoms with E-state index in [0.717, 1.165) is 55.5 Å². The van der Waals surface area contributed by atoms with Crippen LogP contribution in [0.15, 0.2) is 24.3 Å². The number of unbranched alkanes of at least 4 members (excludes halogenated alkanes) is 4. The van der Waals surface area contributed by atoms with E-state index < -0.39 is 59.6 Å². The van der Waals surface area contributed by atoms with Crippen molar-refractivity contribution in [3.05, 3.63) is 41.1 Å². The zero-order valence-electron chi connectivity index (χ0n) is 39.4. The van der Waals surface area contributed by atoms with E-state index in [2.05, 4.69) is 41.9 Å². The molecule has 0 fully saturated rings. The molecular formula is C46H73N7O9Sn. The number of imide groups is 1. The number of benzene rings is 1. The zero-order chi connectivity index (χ0) is 47.0. The maximum atomic E-state index is 13.6. The number of rotatable bonds is 26. The number of nitrogens with one attached hydrogen (secondary N) is 3. The molecule has 3 rings (SSSR count). The van der Waals surface area contributed by atoms with Crippen molar-refractivity contribution in [3.8, 4) is 0 Å². The maximum absolute atomic E-state index is 13.6. The van der Waals surface area contributed by atoms with Crippen LogP contribution in [0.3, 0.4) is 0 Å². The fraction of sp³-hybridized carbons (Fsp3) is 0.674. The molecule has 1 aromatic heterocycles. The Hall–Kier alpha value is -4.35. The summed E-state index contributed by atoms with van der Waals surface area (Å²) in [5.74, 6) is -2.58. The molecule has 1 aromatic carbocycles. The fourth-order valence-electron chi connectivity index (χ4n) is 7.74. The third-order valence-electron chi connectivity index (χ3n) is 10.9. The number of ketones is 1. The second-order valence-corrected chi connectivity index (χ2v) is 31.7. The van der Waals surface area contributed by atoms with E-state index in [1.165, 1.54) is 11.8 Å². The van der Waals surface area contributed by atoms with Crippen LogP contribution < -0.4 is 19.7 Å². The molecule has 63 heavy (non-hydrogen) atoms. The molecule has 0 saturated carbocycles. The van der Waals surface area contributed by atoms with Crippen LogP contribution in [-0.4, -0.2) is 110 Å². The van der Waals surface area contributed by atoms with E-state index >= 15 is 0 Å². The van der Waals surface area contributed by atoms with E-state index in [-0.39, 0.29) is 62.4 Å². The van der Waals surface area contributed by atoms with Gasteiger partial charge in [-0.25, -0.2) is 9.59 Å². The van der Waals surface area contributed by atoms with Crippen LogP contribution in [-0.2, 0) is 41.7 Å². The van der Waals surface area contributed by atoms with Crippen molar-refractivity contribution in [1.29, 1.82) is 0 Å². The van der Waals surface area contributed by atoms with Gasteiger partial charge >= 0.3 is 261 Å². The van der Waals surface area contributed by atoms with Gasteiger partial charge in [0.1, 0.15) is 11.2 Å². The zero-order valence-corrected chi connectivity index (χ0v) is 42.3. The minimum atomic E-state index is -3.31. The van der Waals surface area contributed by atoms with Gasteiger partial charge in [0, 0.05) is 6.42 Å². The molecule has 2 heterocycles. The number of esters is 2. The molecule has 0 radical (unpaired) electrons. The number of amides is 5. The molecule has 1 aliphatic rings. The first-order valence-corrected chi connectivity index (χ1v) is 30.3. The van der Waals surface area contributed by atoms with Crippen molar-refractivity contribution in [2.75, 3.05) is 6.54 Å². The van der Waals surface area contributed by atoms with Gasteiger partial charge in [-0.15, -0.1) is 0 Å². The number of fused-ring (bicyclic) bond motifs is 1. The Morgan fingerprint density at radius 2 is 1.29 bits per heavy atom. The number of ether oxygens (including phenoxy) is 2. The predicted octanol–water partition coefficient (Wildman–Crippen LogP) is 6.51. The molecule has 350 valence electrons. The van der Waals surface area contributed by atoms with Crippen molar-refractivity contribution in [3.63, 3.8) is 0 Å². The average molecular weight is 987 g/mol. The van der Waals surface area contributed by atoms with Gasteiger partial charge < -0.3 is 14.8 Å². The Bertz CT molecular complexity index is 1850. The Balaban J connectivity index is 1.75. The van der Waals surface area contributed by atoms with Crippen molar-refractivity contribution in [1.82, 2.24) is 35.8 Å². The van der Waals surface area contributed by atoms with Crippen molar-refractivity contribution in [2.24, 2.45) is 0 Å². The van der Waals surface area contributed by atoms with Gasteiger partial charge in [0.25, 0.3) is 0 Å². The number of carbonyl (C=O) groups excluding carboxylic acids is 7. The summed E-state index contributed by atoms with van der Waals surface area (Å²) in [7, 11) is 0. The topological polar surface area (TPSA) is 208 Å². The van der Waals surface area contributed by atoms with Gasteiger partial charge in [-0.1, -0.05) is 0 Å². The second-order valence-electron chi connectivity index (χ2n) is 18.7. The van der Waals surface area contributed by atoms with Gasteiger partial charge in [-0.2, -0.15) is 0 Å². The van der Waals surface area contributed by atoms with Crippen LogP contribution >= 0.6 is 0 Å². The molecule has 0 unspecified atom stereocenters. The molecule has 17 heteroatoms. The number of aromatic nitrogens is 3. The molecule has 0 aliphatic carbocycles. The molecule has 2 aromatic rings. The summed E-state index contributed by atoms with van der Waals surface area (Å²) >= 11 is -3.31. The molecule has 1 aliphatic heterocycles. The van der Waals surface area contributed by atoms with Crippen molar-refractivity contribution >= 4 is 63.6 Å². The first kappa shape index (κ1) is 53.0. The number of Topliss-reactive ketones (excluding diaryl/α,β-unsaturated/α-hetero) is 1. The third-order valence-corrected chi connectivity index (χ3v) is 26.1. The van der Waals surface area contributed by atoms with Crippen LogP contribution in [0.4, 0.5) is 4.79 Å². The SMILES string of the molecule is CCC[CH2][Sn]([CH2]CCC)([CH2]CCC)[c]1nnn(CC(=O)NCCCC[C@H](NC(=O)N[C@@H](CCC(=O)OC(C)(C)C)C(C)=O)C(=O)OC(C)(C)C)c1CN1C(=O)c2ccccc2C1=O. The van der Waals surface area contributed by atoms with Crippen LogP contribution in [0, 0.1) is 0 Å². The molecule has 16 nitrogen and oxygen atoms in total. The summed E-state index contributed by atoms with van der Waals surface area (Å²) in [4.78, 5) is 93.1. The Labute approximate surface area is 378 Å². The summed E-state index contributed by atoms with van der Waals surface area (Å²) < 4.78 is 16.7. The van der Waals surface area contributed by atoms with E-state index in [0.29, 0.717) is 29.7 Å². The van der Waals surface area contributed by atoms with Gasteiger partial charge in [-0.3, -0.25) is 9.59 Å².